The maximum Gasteiger partial charge on any atom is 0.407 e. The van der Waals surface area contributed by atoms with E-state index in [9.17, 15) is 14.7 Å². The highest BCUT2D eigenvalue weighted by Crippen LogP contribution is 2.34. The molecule has 3 aromatic heterocycles. The van der Waals surface area contributed by atoms with Crippen molar-refractivity contribution in [1.29, 1.82) is 0 Å². The molecule has 0 bridgehead atoms. The van der Waals surface area contributed by atoms with Gasteiger partial charge in [-0.1, -0.05) is 0 Å². The van der Waals surface area contributed by atoms with E-state index in [2.05, 4.69) is 30.2 Å². The predicted molar refractivity (Wildman–Crippen MR) is 122 cm³/mol. The summed E-state index contributed by atoms with van der Waals surface area (Å²) in [5.41, 5.74) is 2.79. The Bertz CT molecular complexity index is 1310. The summed E-state index contributed by atoms with van der Waals surface area (Å²) in [6.07, 6.45) is 2.84. The molecule has 0 atom stereocenters. The Morgan fingerprint density at radius 2 is 2.03 bits per heavy atom. The number of amides is 2. The van der Waals surface area contributed by atoms with Crippen molar-refractivity contribution in [3.63, 3.8) is 0 Å². The number of piperidine rings is 1. The average molecular weight is 452 g/mol. The topological polar surface area (TPSA) is 127 Å². The summed E-state index contributed by atoms with van der Waals surface area (Å²) < 4.78 is 0.956. The summed E-state index contributed by atoms with van der Waals surface area (Å²) in [5, 5.41) is 13.6. The Labute approximate surface area is 186 Å². The SMILES string of the molecule is CN(C(=O)O)C1(C(=O)Nc2ccc3ncsc3c2)CCN(c2ncnc3[nH]ccc23)CC1. The number of H-pyrrole nitrogens is 1. The molecule has 164 valence electrons. The van der Waals surface area contributed by atoms with Gasteiger partial charge in [0.25, 0.3) is 5.91 Å². The summed E-state index contributed by atoms with van der Waals surface area (Å²) in [4.78, 5) is 44.5. The van der Waals surface area contributed by atoms with Gasteiger partial charge in [-0.2, -0.15) is 0 Å². The van der Waals surface area contributed by atoms with Gasteiger partial charge in [-0.15, -0.1) is 11.3 Å². The number of hydrogen-bond acceptors (Lipinski definition) is 7. The first-order chi connectivity index (χ1) is 15.5. The second-order valence-corrected chi connectivity index (χ2v) is 8.67. The molecule has 32 heavy (non-hydrogen) atoms. The minimum atomic E-state index is -1.19. The number of nitrogens with zero attached hydrogens (tertiary/aromatic N) is 5. The normalized spacial score (nSPS) is 15.7. The number of benzene rings is 1. The number of fused-ring (bicyclic) bond motifs is 2. The van der Waals surface area contributed by atoms with Crippen molar-refractivity contribution in [3.8, 4) is 0 Å². The van der Waals surface area contributed by atoms with Crippen molar-refractivity contribution in [2.24, 2.45) is 0 Å². The summed E-state index contributed by atoms with van der Waals surface area (Å²) in [7, 11) is 1.46. The van der Waals surface area contributed by atoms with Crippen LogP contribution in [0.15, 0.2) is 42.3 Å². The summed E-state index contributed by atoms with van der Waals surface area (Å²) in [6, 6.07) is 7.40. The quantitative estimate of drug-likeness (QED) is 0.435. The van der Waals surface area contributed by atoms with Gasteiger partial charge in [0.15, 0.2) is 0 Å². The number of aromatic amines is 1. The van der Waals surface area contributed by atoms with Crippen LogP contribution in [0, 0.1) is 0 Å². The van der Waals surface area contributed by atoms with Crippen LogP contribution in [0.4, 0.5) is 16.3 Å². The third-order valence-corrected chi connectivity index (χ3v) is 6.96. The lowest BCUT2D eigenvalue weighted by atomic mass is 9.84. The fraction of sp³-hybridized carbons (Fsp3) is 0.286. The number of thiazole rings is 1. The van der Waals surface area contributed by atoms with E-state index in [-0.39, 0.29) is 5.91 Å². The highest BCUT2D eigenvalue weighted by Gasteiger charge is 2.47. The van der Waals surface area contributed by atoms with Gasteiger partial charge in [0.1, 0.15) is 23.3 Å². The second kappa shape index (κ2) is 7.75. The molecule has 5 rings (SSSR count). The summed E-state index contributed by atoms with van der Waals surface area (Å²) >= 11 is 1.49. The van der Waals surface area contributed by atoms with Crippen LogP contribution in [-0.4, -0.2) is 67.6 Å². The molecule has 0 spiro atoms. The van der Waals surface area contributed by atoms with Crippen LogP contribution in [0.25, 0.3) is 21.3 Å². The Kier molecular flexibility index (Phi) is 4.89. The van der Waals surface area contributed by atoms with Crippen molar-refractivity contribution < 1.29 is 14.7 Å². The van der Waals surface area contributed by atoms with Gasteiger partial charge in [-0.25, -0.2) is 19.7 Å². The zero-order chi connectivity index (χ0) is 22.3. The summed E-state index contributed by atoms with van der Waals surface area (Å²) in [6.45, 7) is 0.965. The molecule has 3 N–H and O–H groups in total. The predicted octanol–water partition coefficient (Wildman–Crippen LogP) is 3.16. The van der Waals surface area contributed by atoms with Crippen LogP contribution in [0.1, 0.15) is 12.8 Å². The average Bonchev–Trinajstić information content (AvgIpc) is 3.47. The van der Waals surface area contributed by atoms with E-state index in [1.165, 1.54) is 24.7 Å². The van der Waals surface area contributed by atoms with Gasteiger partial charge >= 0.3 is 6.09 Å². The first-order valence-corrected chi connectivity index (χ1v) is 11.0. The molecule has 1 saturated heterocycles. The first-order valence-electron chi connectivity index (χ1n) is 10.1. The smallest absolute Gasteiger partial charge is 0.407 e. The number of carbonyl (C=O) groups is 2. The lowest BCUT2D eigenvalue weighted by molar-refractivity contribution is -0.127. The molecule has 0 radical (unpaired) electrons. The largest absolute Gasteiger partial charge is 0.465 e. The van der Waals surface area contributed by atoms with Crippen LogP contribution in [0.2, 0.25) is 0 Å². The molecule has 0 aliphatic carbocycles. The van der Waals surface area contributed by atoms with E-state index in [4.69, 9.17) is 0 Å². The van der Waals surface area contributed by atoms with E-state index in [0.29, 0.717) is 31.6 Å². The molecule has 11 heteroatoms. The first kappa shape index (κ1) is 20.2. The van der Waals surface area contributed by atoms with E-state index < -0.39 is 11.6 Å². The van der Waals surface area contributed by atoms with E-state index >= 15 is 0 Å². The molecule has 4 aromatic rings. The maximum atomic E-state index is 13.4. The van der Waals surface area contributed by atoms with Gasteiger partial charge in [0, 0.05) is 32.0 Å². The molecule has 2 amide bonds. The molecule has 1 aliphatic rings. The van der Waals surface area contributed by atoms with Gasteiger partial charge in [0.05, 0.1) is 21.1 Å². The standard InChI is InChI=1S/C21H21N7O3S/c1-27(20(30)31)21(19(29)26-13-2-3-15-16(10-13)32-12-25-15)5-8-28(9-6-21)18-14-4-7-22-17(14)23-11-24-18/h2-4,7,10-12H,5-6,8-9H2,1H3,(H,26,29)(H,30,31)(H,22,23,24). The second-order valence-electron chi connectivity index (χ2n) is 7.79. The number of carbonyl (C=O) groups excluding carboxylic acids is 1. The van der Waals surface area contributed by atoms with E-state index in [1.54, 1.807) is 11.6 Å². The Morgan fingerprint density at radius 1 is 1.22 bits per heavy atom. The minimum Gasteiger partial charge on any atom is -0.465 e. The van der Waals surface area contributed by atoms with E-state index in [1.807, 2.05) is 24.4 Å². The fourth-order valence-electron chi connectivity index (χ4n) is 4.28. The number of rotatable bonds is 4. The highest BCUT2D eigenvalue weighted by molar-refractivity contribution is 7.16. The molecule has 0 saturated carbocycles. The number of nitrogens with one attached hydrogen (secondary N) is 2. The highest BCUT2D eigenvalue weighted by atomic mass is 32.1. The van der Waals surface area contributed by atoms with Gasteiger partial charge < -0.3 is 20.3 Å². The van der Waals surface area contributed by atoms with Crippen LogP contribution in [-0.2, 0) is 4.79 Å². The van der Waals surface area contributed by atoms with Crippen LogP contribution >= 0.6 is 11.3 Å². The number of aromatic nitrogens is 4. The lowest BCUT2D eigenvalue weighted by Crippen LogP contribution is -2.62. The summed E-state index contributed by atoms with van der Waals surface area (Å²) in [5.74, 6) is 0.444. The van der Waals surface area contributed by atoms with Crippen LogP contribution in [0.3, 0.4) is 0 Å². The molecule has 4 heterocycles. The molecule has 0 unspecified atom stereocenters. The molecule has 1 fully saturated rings. The molecule has 10 nitrogen and oxygen atoms in total. The van der Waals surface area contributed by atoms with E-state index in [0.717, 1.165) is 32.0 Å². The van der Waals surface area contributed by atoms with Crippen molar-refractivity contribution in [2.45, 2.75) is 18.4 Å². The molecular formula is C21H21N7O3S. The molecule has 1 aliphatic heterocycles. The van der Waals surface area contributed by atoms with Gasteiger partial charge in [0.2, 0.25) is 0 Å². The number of anilines is 2. The van der Waals surface area contributed by atoms with Crippen molar-refractivity contribution in [1.82, 2.24) is 24.8 Å². The van der Waals surface area contributed by atoms with Crippen LogP contribution < -0.4 is 10.2 Å². The number of hydrogen-bond donors (Lipinski definition) is 3. The van der Waals surface area contributed by atoms with Gasteiger partial charge in [-0.05, 0) is 37.1 Å². The fourth-order valence-corrected chi connectivity index (χ4v) is 4.99. The number of likely N-dealkylation sites (N-methyl/N-ethyl adjacent to an activating group) is 1. The van der Waals surface area contributed by atoms with Crippen molar-refractivity contribution >= 4 is 56.1 Å². The third kappa shape index (κ3) is 3.30. The Balaban J connectivity index is 1.40. The third-order valence-electron chi connectivity index (χ3n) is 6.16. The lowest BCUT2D eigenvalue weighted by Gasteiger charge is -2.45. The monoisotopic (exact) mass is 451 g/mol. The Morgan fingerprint density at radius 3 is 2.81 bits per heavy atom. The Hall–Kier alpha value is -3.73. The molecule has 1 aromatic carbocycles. The van der Waals surface area contributed by atoms with Gasteiger partial charge in [-0.3, -0.25) is 9.69 Å². The molecular weight excluding hydrogens is 430 g/mol. The zero-order valence-corrected chi connectivity index (χ0v) is 18.1. The zero-order valence-electron chi connectivity index (χ0n) is 17.3. The maximum absolute atomic E-state index is 13.4. The number of carboxylic acid groups (broad SMARTS) is 1. The minimum absolute atomic E-state index is 0.333. The van der Waals surface area contributed by atoms with Crippen molar-refractivity contribution in [2.75, 3.05) is 30.4 Å². The van der Waals surface area contributed by atoms with Crippen molar-refractivity contribution in [3.05, 3.63) is 42.3 Å². The van der Waals surface area contributed by atoms with Crippen LogP contribution in [0.5, 0.6) is 0 Å².